The Kier molecular flexibility index (Phi) is 10.1. The van der Waals surface area contributed by atoms with Crippen LogP contribution in [0.5, 0.6) is 5.75 Å². The summed E-state index contributed by atoms with van der Waals surface area (Å²) in [6, 6.07) is 7.79. The molecule has 4 N–H and O–H groups in total. The van der Waals surface area contributed by atoms with Gasteiger partial charge in [-0.1, -0.05) is 0 Å². The van der Waals surface area contributed by atoms with Gasteiger partial charge in [0.1, 0.15) is 12.4 Å². The van der Waals surface area contributed by atoms with Crippen molar-refractivity contribution in [3.05, 3.63) is 24.3 Å². The van der Waals surface area contributed by atoms with E-state index in [4.69, 9.17) is 29.8 Å². The number of alkyl halides is 3. The Balaban J connectivity index is 0.000000509. The molecule has 1 spiro atoms. The summed E-state index contributed by atoms with van der Waals surface area (Å²) in [5.41, 5.74) is 5.96. The number of carboxylic acids is 1. The Morgan fingerprint density at radius 2 is 1.62 bits per heavy atom. The molecule has 0 aromatic heterocycles. The maximum absolute atomic E-state index is 12.1. The van der Waals surface area contributed by atoms with Crippen molar-refractivity contribution < 1.29 is 46.9 Å². The van der Waals surface area contributed by atoms with Crippen molar-refractivity contribution in [2.24, 2.45) is 11.1 Å². The molecule has 3 rings (SSSR count). The lowest BCUT2D eigenvalue weighted by Gasteiger charge is -2.51. The molecule has 13 heteroatoms. The second-order valence-corrected chi connectivity index (χ2v) is 7.67. The van der Waals surface area contributed by atoms with Gasteiger partial charge in [-0.2, -0.15) is 13.2 Å². The molecule has 2 heterocycles. The number of benzene rings is 1. The molecule has 190 valence electrons. The van der Waals surface area contributed by atoms with E-state index >= 15 is 0 Å². The van der Waals surface area contributed by atoms with Gasteiger partial charge in [-0.15, -0.1) is 0 Å². The number of hydrogen-bond acceptors (Lipinski definition) is 8. The van der Waals surface area contributed by atoms with Crippen molar-refractivity contribution in [2.75, 3.05) is 57.6 Å². The van der Waals surface area contributed by atoms with Gasteiger partial charge in [0.25, 0.3) is 0 Å². The highest BCUT2D eigenvalue weighted by Gasteiger charge is 2.51. The Bertz CT molecular complexity index is 828. The standard InChI is InChI=1S/C19H27N3O5.C2HF3O2/c20-7-8-25-9-10-26-11-12-27-16-3-1-15(2-4-16)22-13-19(14-22)6-5-17(23)21-18(19)24;3-2(4,5)1(6)7/h1-4H,5-14,20H2,(H,21,23,24);(H,6,7). The number of amides is 2. The summed E-state index contributed by atoms with van der Waals surface area (Å²) in [7, 11) is 0. The number of nitrogens with zero attached hydrogens (tertiary/aromatic N) is 1. The van der Waals surface area contributed by atoms with Gasteiger partial charge in [0, 0.05) is 31.7 Å². The summed E-state index contributed by atoms with van der Waals surface area (Å²) in [4.78, 5) is 34.4. The number of nitrogens with one attached hydrogen (secondary N) is 1. The van der Waals surface area contributed by atoms with Crippen LogP contribution in [-0.2, 0) is 23.9 Å². The minimum absolute atomic E-state index is 0.136. The fourth-order valence-electron chi connectivity index (χ4n) is 3.33. The normalized spacial score (nSPS) is 16.9. The Hall–Kier alpha value is -2.90. The van der Waals surface area contributed by atoms with Gasteiger partial charge >= 0.3 is 12.1 Å². The van der Waals surface area contributed by atoms with Crippen LogP contribution < -0.4 is 20.7 Å². The maximum Gasteiger partial charge on any atom is 0.490 e. The van der Waals surface area contributed by atoms with E-state index in [1.807, 2.05) is 24.3 Å². The third-order valence-corrected chi connectivity index (χ3v) is 5.13. The molecule has 34 heavy (non-hydrogen) atoms. The van der Waals surface area contributed by atoms with E-state index in [2.05, 4.69) is 10.2 Å². The number of imide groups is 1. The fourth-order valence-corrected chi connectivity index (χ4v) is 3.33. The molecule has 2 aliphatic rings. The lowest BCUT2D eigenvalue weighted by atomic mass is 9.73. The lowest BCUT2D eigenvalue weighted by molar-refractivity contribution is -0.192. The number of anilines is 1. The number of nitrogens with two attached hydrogens (primary N) is 1. The van der Waals surface area contributed by atoms with Crippen LogP contribution in [0.15, 0.2) is 24.3 Å². The molecule has 2 aliphatic heterocycles. The highest BCUT2D eigenvalue weighted by Crippen LogP contribution is 2.40. The largest absolute Gasteiger partial charge is 0.491 e. The molecular formula is C21H28F3N3O7. The first-order chi connectivity index (χ1) is 16.1. The Morgan fingerprint density at radius 3 is 2.15 bits per heavy atom. The average Bonchev–Trinajstić information content (AvgIpc) is 2.75. The summed E-state index contributed by atoms with van der Waals surface area (Å²) in [5.74, 6) is -2.29. The fraction of sp³-hybridized carbons (Fsp3) is 0.571. The summed E-state index contributed by atoms with van der Waals surface area (Å²) in [5, 5.41) is 9.58. The molecule has 2 fully saturated rings. The smallest absolute Gasteiger partial charge is 0.490 e. The number of piperidine rings is 1. The number of rotatable bonds is 10. The summed E-state index contributed by atoms with van der Waals surface area (Å²) in [6.45, 7) is 4.39. The van der Waals surface area contributed by atoms with Crippen molar-refractivity contribution in [1.29, 1.82) is 0 Å². The molecule has 10 nitrogen and oxygen atoms in total. The van der Waals surface area contributed by atoms with E-state index in [1.165, 1.54) is 0 Å². The number of carbonyl (C=O) groups excluding carboxylic acids is 2. The van der Waals surface area contributed by atoms with Crippen LogP contribution in [0.4, 0.5) is 18.9 Å². The van der Waals surface area contributed by atoms with E-state index in [1.54, 1.807) is 0 Å². The highest BCUT2D eigenvalue weighted by molar-refractivity contribution is 6.02. The van der Waals surface area contributed by atoms with Gasteiger partial charge in [0.2, 0.25) is 11.8 Å². The van der Waals surface area contributed by atoms with Crippen LogP contribution in [0.25, 0.3) is 0 Å². The van der Waals surface area contributed by atoms with Crippen molar-refractivity contribution >= 4 is 23.5 Å². The number of aliphatic carboxylic acids is 1. The maximum atomic E-state index is 12.1. The first-order valence-corrected chi connectivity index (χ1v) is 10.6. The molecule has 1 aromatic rings. The van der Waals surface area contributed by atoms with Gasteiger partial charge < -0.3 is 30.0 Å². The average molecular weight is 491 g/mol. The minimum Gasteiger partial charge on any atom is -0.491 e. The van der Waals surface area contributed by atoms with Crippen LogP contribution >= 0.6 is 0 Å². The van der Waals surface area contributed by atoms with Gasteiger partial charge in [-0.05, 0) is 30.7 Å². The van der Waals surface area contributed by atoms with E-state index in [9.17, 15) is 22.8 Å². The number of halogens is 3. The summed E-state index contributed by atoms with van der Waals surface area (Å²) < 4.78 is 48.0. The topological polar surface area (TPSA) is 140 Å². The van der Waals surface area contributed by atoms with Crippen LogP contribution in [0.1, 0.15) is 12.8 Å². The predicted octanol–water partition coefficient (Wildman–Crippen LogP) is 0.934. The monoisotopic (exact) mass is 491 g/mol. The second-order valence-electron chi connectivity index (χ2n) is 7.67. The molecule has 1 aromatic carbocycles. The van der Waals surface area contributed by atoms with Gasteiger partial charge in [-0.25, -0.2) is 4.79 Å². The van der Waals surface area contributed by atoms with Crippen molar-refractivity contribution in [3.63, 3.8) is 0 Å². The van der Waals surface area contributed by atoms with Crippen LogP contribution in [-0.4, -0.2) is 81.7 Å². The molecule has 0 unspecified atom stereocenters. The zero-order valence-corrected chi connectivity index (χ0v) is 18.4. The number of carboxylic acid groups (broad SMARTS) is 1. The first kappa shape index (κ1) is 27.3. The molecule has 0 atom stereocenters. The summed E-state index contributed by atoms with van der Waals surface area (Å²) in [6.07, 6.45) is -4.03. The van der Waals surface area contributed by atoms with E-state index in [0.717, 1.165) is 11.4 Å². The second kappa shape index (κ2) is 12.5. The number of hydrogen-bond donors (Lipinski definition) is 3. The molecule has 0 aliphatic carbocycles. The van der Waals surface area contributed by atoms with Crippen molar-refractivity contribution in [3.8, 4) is 5.75 Å². The van der Waals surface area contributed by atoms with Crippen LogP contribution in [0, 0.1) is 5.41 Å². The van der Waals surface area contributed by atoms with Crippen LogP contribution in [0.3, 0.4) is 0 Å². The molecule has 0 bridgehead atoms. The van der Waals surface area contributed by atoms with Gasteiger partial charge in [0.05, 0.1) is 31.8 Å². The van der Waals surface area contributed by atoms with Crippen molar-refractivity contribution in [1.82, 2.24) is 5.32 Å². The summed E-state index contributed by atoms with van der Waals surface area (Å²) >= 11 is 0. The first-order valence-electron chi connectivity index (χ1n) is 10.6. The molecule has 0 saturated carbocycles. The molecule has 0 radical (unpaired) electrons. The quantitative estimate of drug-likeness (QED) is 0.322. The Morgan fingerprint density at radius 1 is 1.06 bits per heavy atom. The van der Waals surface area contributed by atoms with E-state index < -0.39 is 17.6 Å². The predicted molar refractivity (Wildman–Crippen MR) is 113 cm³/mol. The zero-order valence-electron chi connectivity index (χ0n) is 18.4. The number of ether oxygens (including phenoxy) is 3. The van der Waals surface area contributed by atoms with Gasteiger partial charge in [-0.3, -0.25) is 14.9 Å². The molecular weight excluding hydrogens is 463 g/mol. The highest BCUT2D eigenvalue weighted by atomic mass is 19.4. The van der Waals surface area contributed by atoms with Crippen LogP contribution in [0.2, 0.25) is 0 Å². The Labute approximate surface area is 194 Å². The van der Waals surface area contributed by atoms with E-state index in [0.29, 0.717) is 65.5 Å². The zero-order chi connectivity index (χ0) is 25.2. The third-order valence-electron chi connectivity index (χ3n) is 5.13. The third kappa shape index (κ3) is 8.15. The molecule has 2 saturated heterocycles. The minimum atomic E-state index is -5.08. The number of carbonyl (C=O) groups is 3. The molecule has 2 amide bonds. The van der Waals surface area contributed by atoms with Crippen molar-refractivity contribution in [2.45, 2.75) is 19.0 Å². The van der Waals surface area contributed by atoms with E-state index in [-0.39, 0.29) is 11.8 Å². The SMILES string of the molecule is NCCOCCOCCOc1ccc(N2CC3(CCC(=O)NC3=O)C2)cc1.O=C(O)C(F)(F)F. The lowest BCUT2D eigenvalue weighted by Crippen LogP contribution is -2.66. The van der Waals surface area contributed by atoms with Gasteiger partial charge in [0.15, 0.2) is 0 Å².